The number of rotatable bonds is 7. The molecule has 0 aliphatic heterocycles. The second kappa shape index (κ2) is 7.42. The van der Waals surface area contributed by atoms with Crippen LogP contribution >= 0.6 is 0 Å². The number of hydrogen-bond donors (Lipinski definition) is 2. The van der Waals surface area contributed by atoms with Gasteiger partial charge in [0.05, 0.1) is 10.5 Å². The van der Waals surface area contributed by atoms with Crippen LogP contribution < -0.4 is 4.72 Å². The summed E-state index contributed by atoms with van der Waals surface area (Å²) >= 11 is 0. The molecule has 2 aromatic rings. The van der Waals surface area contributed by atoms with Crippen molar-refractivity contribution in [2.24, 2.45) is 0 Å². The van der Waals surface area contributed by atoms with Crippen LogP contribution in [0.25, 0.3) is 0 Å². The van der Waals surface area contributed by atoms with E-state index in [2.05, 4.69) is 4.72 Å². The van der Waals surface area contributed by atoms with E-state index in [1.54, 1.807) is 6.92 Å². The van der Waals surface area contributed by atoms with Gasteiger partial charge in [0.25, 0.3) is 0 Å². The third kappa shape index (κ3) is 5.12. The first-order valence-corrected chi connectivity index (χ1v) is 9.20. The molecule has 24 heavy (non-hydrogen) atoms. The summed E-state index contributed by atoms with van der Waals surface area (Å²) in [5.74, 6) is -0.455. The van der Waals surface area contributed by atoms with Crippen LogP contribution in [0.3, 0.4) is 0 Å². The van der Waals surface area contributed by atoms with Crippen molar-refractivity contribution in [1.82, 2.24) is 4.72 Å². The number of halogens is 1. The van der Waals surface area contributed by atoms with E-state index in [-0.39, 0.29) is 17.0 Å². The van der Waals surface area contributed by atoms with Gasteiger partial charge in [-0.1, -0.05) is 30.3 Å². The molecule has 130 valence electrons. The Labute approximate surface area is 142 Å². The topological polar surface area (TPSA) is 66.4 Å². The molecule has 0 radical (unpaired) electrons. The predicted molar refractivity (Wildman–Crippen MR) is 91.7 cm³/mol. The molecule has 2 rings (SSSR count). The maximum Gasteiger partial charge on any atom is 0.240 e. The molecule has 2 N–H and O–H groups in total. The molecule has 0 aliphatic carbocycles. The van der Waals surface area contributed by atoms with E-state index < -0.39 is 21.4 Å². The Morgan fingerprint density at radius 2 is 1.83 bits per heavy atom. The first-order chi connectivity index (χ1) is 11.2. The fourth-order valence-electron chi connectivity index (χ4n) is 2.26. The molecule has 1 unspecified atom stereocenters. The molecule has 0 heterocycles. The minimum atomic E-state index is -3.79. The lowest BCUT2D eigenvalue weighted by molar-refractivity contribution is 0.0565. The number of aryl methyl sites for hydroxylation is 2. The van der Waals surface area contributed by atoms with Crippen LogP contribution in [-0.2, 0) is 16.4 Å². The van der Waals surface area contributed by atoms with Crippen LogP contribution in [0.5, 0.6) is 0 Å². The molecule has 0 saturated carbocycles. The monoisotopic (exact) mass is 351 g/mol. The minimum absolute atomic E-state index is 0.0136. The Balaban J connectivity index is 1.98. The van der Waals surface area contributed by atoms with Gasteiger partial charge in [-0.15, -0.1) is 0 Å². The number of nitrogens with one attached hydrogen (secondary N) is 1. The number of aliphatic hydroxyl groups is 1. The van der Waals surface area contributed by atoms with Crippen LogP contribution in [0.1, 0.15) is 24.5 Å². The summed E-state index contributed by atoms with van der Waals surface area (Å²) in [6.45, 7) is 2.98. The third-order valence-corrected chi connectivity index (χ3v) is 5.28. The van der Waals surface area contributed by atoms with Crippen molar-refractivity contribution in [1.29, 1.82) is 0 Å². The van der Waals surface area contributed by atoms with Crippen molar-refractivity contribution in [2.45, 2.75) is 37.2 Å². The Bertz CT molecular complexity index is 789. The molecule has 4 nitrogen and oxygen atoms in total. The highest BCUT2D eigenvalue weighted by atomic mass is 32.2. The SMILES string of the molecule is Cc1cc(S(=O)(=O)NCC(C)(O)CCc2ccccc2)ccc1F. The lowest BCUT2D eigenvalue weighted by Gasteiger charge is -2.23. The summed E-state index contributed by atoms with van der Waals surface area (Å²) in [7, 11) is -3.79. The minimum Gasteiger partial charge on any atom is -0.389 e. The Hall–Kier alpha value is -1.76. The highest BCUT2D eigenvalue weighted by molar-refractivity contribution is 7.89. The van der Waals surface area contributed by atoms with E-state index in [4.69, 9.17) is 0 Å². The second-order valence-electron chi connectivity index (χ2n) is 6.22. The Morgan fingerprint density at radius 3 is 2.46 bits per heavy atom. The fraction of sp³-hybridized carbons (Fsp3) is 0.333. The molecule has 6 heteroatoms. The second-order valence-corrected chi connectivity index (χ2v) is 7.99. The van der Waals surface area contributed by atoms with Crippen LogP contribution in [-0.4, -0.2) is 25.7 Å². The molecule has 0 aliphatic rings. The Morgan fingerprint density at radius 1 is 1.17 bits per heavy atom. The highest BCUT2D eigenvalue weighted by Crippen LogP contribution is 2.17. The van der Waals surface area contributed by atoms with Crippen molar-refractivity contribution >= 4 is 10.0 Å². The molecule has 2 aromatic carbocycles. The zero-order chi connectivity index (χ0) is 17.8. The molecule has 0 amide bonds. The van der Waals surface area contributed by atoms with Crippen molar-refractivity contribution in [2.75, 3.05) is 6.54 Å². The van der Waals surface area contributed by atoms with E-state index in [9.17, 15) is 17.9 Å². The number of benzene rings is 2. The van der Waals surface area contributed by atoms with Crippen LogP contribution in [0.2, 0.25) is 0 Å². The number of sulfonamides is 1. The molecular formula is C18H22FNO3S. The van der Waals surface area contributed by atoms with Gasteiger partial charge >= 0.3 is 0 Å². The average Bonchev–Trinajstić information content (AvgIpc) is 2.55. The normalized spacial score (nSPS) is 14.3. The molecule has 0 bridgehead atoms. The quantitative estimate of drug-likeness (QED) is 0.806. The van der Waals surface area contributed by atoms with Crippen LogP contribution in [0.4, 0.5) is 4.39 Å². The summed E-state index contributed by atoms with van der Waals surface area (Å²) in [5.41, 5.74) is 0.154. The Kier molecular flexibility index (Phi) is 5.74. The van der Waals surface area contributed by atoms with Crippen molar-refractivity contribution in [3.05, 3.63) is 65.5 Å². The predicted octanol–water partition coefficient (Wildman–Crippen LogP) is 2.80. The van der Waals surface area contributed by atoms with Crippen molar-refractivity contribution in [3.63, 3.8) is 0 Å². The molecule has 0 fully saturated rings. The molecule has 0 saturated heterocycles. The van der Waals surface area contributed by atoms with Crippen LogP contribution in [0.15, 0.2) is 53.4 Å². The van der Waals surface area contributed by atoms with E-state index in [0.29, 0.717) is 12.8 Å². The zero-order valence-corrected chi connectivity index (χ0v) is 14.6. The van der Waals surface area contributed by atoms with E-state index in [1.807, 2.05) is 30.3 Å². The maximum absolute atomic E-state index is 13.3. The molecule has 1 atom stereocenters. The lowest BCUT2D eigenvalue weighted by atomic mass is 9.97. The molecular weight excluding hydrogens is 329 g/mol. The third-order valence-electron chi connectivity index (χ3n) is 3.88. The summed E-state index contributed by atoms with van der Waals surface area (Å²) in [6, 6.07) is 13.3. The summed E-state index contributed by atoms with van der Waals surface area (Å²) in [6.07, 6.45) is 1.06. The van der Waals surface area contributed by atoms with Gasteiger partial charge in [0, 0.05) is 6.54 Å². The van der Waals surface area contributed by atoms with Gasteiger partial charge in [-0.3, -0.25) is 0 Å². The molecule has 0 spiro atoms. The van der Waals surface area contributed by atoms with Gasteiger partial charge in [-0.05, 0) is 56.0 Å². The smallest absolute Gasteiger partial charge is 0.240 e. The largest absolute Gasteiger partial charge is 0.389 e. The first kappa shape index (κ1) is 18.6. The lowest BCUT2D eigenvalue weighted by Crippen LogP contribution is -2.40. The van der Waals surface area contributed by atoms with Crippen LogP contribution in [0, 0.1) is 12.7 Å². The van der Waals surface area contributed by atoms with E-state index in [0.717, 1.165) is 11.6 Å². The van der Waals surface area contributed by atoms with Gasteiger partial charge in [0.15, 0.2) is 0 Å². The molecule has 0 aromatic heterocycles. The zero-order valence-electron chi connectivity index (χ0n) is 13.8. The first-order valence-electron chi connectivity index (χ1n) is 7.72. The highest BCUT2D eigenvalue weighted by Gasteiger charge is 2.24. The number of hydrogen-bond acceptors (Lipinski definition) is 3. The van der Waals surface area contributed by atoms with Gasteiger partial charge < -0.3 is 5.11 Å². The standard InChI is InChI=1S/C18H22FNO3S/c1-14-12-16(8-9-17(14)19)24(22,23)20-13-18(2,21)11-10-15-6-4-3-5-7-15/h3-9,12,20-21H,10-11,13H2,1-2H3. The summed E-state index contributed by atoms with van der Waals surface area (Å²) in [5, 5.41) is 10.4. The van der Waals surface area contributed by atoms with E-state index >= 15 is 0 Å². The summed E-state index contributed by atoms with van der Waals surface area (Å²) < 4.78 is 40.2. The van der Waals surface area contributed by atoms with Gasteiger partial charge in [0.1, 0.15) is 5.82 Å². The van der Waals surface area contributed by atoms with Crippen molar-refractivity contribution in [3.8, 4) is 0 Å². The fourth-order valence-corrected chi connectivity index (χ4v) is 3.51. The van der Waals surface area contributed by atoms with Gasteiger partial charge in [-0.2, -0.15) is 0 Å². The maximum atomic E-state index is 13.3. The van der Waals surface area contributed by atoms with E-state index in [1.165, 1.54) is 19.1 Å². The van der Waals surface area contributed by atoms with Gasteiger partial charge in [-0.25, -0.2) is 17.5 Å². The van der Waals surface area contributed by atoms with Gasteiger partial charge in [0.2, 0.25) is 10.0 Å². The summed E-state index contributed by atoms with van der Waals surface area (Å²) in [4.78, 5) is -0.0136. The average molecular weight is 351 g/mol. The van der Waals surface area contributed by atoms with Crippen molar-refractivity contribution < 1.29 is 17.9 Å².